The van der Waals surface area contributed by atoms with Crippen LogP contribution in [-0.4, -0.2) is 14.8 Å². The monoisotopic (exact) mass is 251 g/mol. The third-order valence-corrected chi connectivity index (χ3v) is 3.32. The highest BCUT2D eigenvalue weighted by atomic mass is 35.5. The average Bonchev–Trinajstić information content (AvgIpc) is 2.75. The van der Waals surface area contributed by atoms with E-state index in [1.54, 1.807) is 0 Å². The molecule has 0 fully saturated rings. The fraction of sp³-hybridized carbons (Fsp3) is 0.333. The molecule has 0 N–H and O–H groups in total. The Morgan fingerprint density at radius 1 is 1.29 bits per heavy atom. The number of nitrogens with zero attached hydrogens (tertiary/aromatic N) is 3. The molecule has 3 heterocycles. The van der Waals surface area contributed by atoms with Crippen molar-refractivity contribution in [2.45, 2.75) is 25.8 Å². The number of rotatable bonds is 1. The molecule has 1 aliphatic heterocycles. The normalized spacial score (nSPS) is 14.7. The highest BCUT2D eigenvalue weighted by molar-refractivity contribution is 6.33. The molecule has 0 aromatic carbocycles. The molecule has 0 saturated heterocycles. The van der Waals surface area contributed by atoms with Gasteiger partial charge in [-0.15, -0.1) is 0 Å². The van der Waals surface area contributed by atoms with Gasteiger partial charge >= 0.3 is 0 Å². The van der Waals surface area contributed by atoms with Crippen molar-refractivity contribution in [2.75, 3.05) is 0 Å². The first-order valence-corrected chi connectivity index (χ1v) is 6.00. The van der Waals surface area contributed by atoms with Gasteiger partial charge in [-0.25, -0.2) is 4.98 Å². The summed E-state index contributed by atoms with van der Waals surface area (Å²) in [6.07, 6.45) is 4.68. The molecule has 3 rings (SSSR count). The van der Waals surface area contributed by atoms with Gasteiger partial charge in [0.2, 0.25) is 5.95 Å². The van der Waals surface area contributed by atoms with Gasteiger partial charge in [-0.05, 0) is 25.3 Å². The average molecular weight is 252 g/mol. The lowest BCUT2D eigenvalue weighted by Gasteiger charge is -2.11. The van der Waals surface area contributed by atoms with Crippen LogP contribution in [0.3, 0.4) is 0 Å². The summed E-state index contributed by atoms with van der Waals surface area (Å²) in [5.74, 6) is -0.532. The summed E-state index contributed by atoms with van der Waals surface area (Å²) in [6, 6.07) is 3.32. The Morgan fingerprint density at radius 2 is 2.18 bits per heavy atom. The molecule has 0 unspecified atom stereocenters. The smallest absolute Gasteiger partial charge is 0.213 e. The minimum Gasteiger partial charge on any atom is -0.269 e. The van der Waals surface area contributed by atoms with Gasteiger partial charge < -0.3 is 0 Å². The predicted molar refractivity (Wildman–Crippen MR) is 63.4 cm³/mol. The van der Waals surface area contributed by atoms with Crippen molar-refractivity contribution in [1.82, 2.24) is 14.8 Å². The molecule has 17 heavy (non-hydrogen) atoms. The van der Waals surface area contributed by atoms with E-state index in [0.717, 1.165) is 25.1 Å². The maximum absolute atomic E-state index is 13.1. The van der Waals surface area contributed by atoms with E-state index in [1.807, 2.05) is 10.7 Å². The minimum atomic E-state index is -0.532. The van der Waals surface area contributed by atoms with Gasteiger partial charge in [0.1, 0.15) is 0 Å². The molecule has 1 aliphatic rings. The molecule has 0 aliphatic carbocycles. The van der Waals surface area contributed by atoms with Gasteiger partial charge in [0.25, 0.3) is 0 Å². The molecule has 88 valence electrons. The highest BCUT2D eigenvalue weighted by Crippen LogP contribution is 2.28. The Balaban J connectivity index is 2.08. The van der Waals surface area contributed by atoms with Crippen LogP contribution >= 0.6 is 11.6 Å². The fourth-order valence-corrected chi connectivity index (χ4v) is 2.36. The van der Waals surface area contributed by atoms with E-state index in [9.17, 15) is 4.39 Å². The van der Waals surface area contributed by atoms with E-state index in [0.29, 0.717) is 10.6 Å². The van der Waals surface area contributed by atoms with Crippen molar-refractivity contribution in [1.29, 1.82) is 0 Å². The molecule has 2 aromatic rings. The Kier molecular flexibility index (Phi) is 2.59. The van der Waals surface area contributed by atoms with E-state index in [2.05, 4.69) is 10.1 Å². The predicted octanol–water partition coefficient (Wildman–Crippen LogP) is 3.07. The minimum absolute atomic E-state index is 0.432. The number of hydrogen-bond donors (Lipinski definition) is 0. The first-order chi connectivity index (χ1) is 8.24. The van der Waals surface area contributed by atoms with Gasteiger partial charge in [0.15, 0.2) is 0 Å². The van der Waals surface area contributed by atoms with E-state index in [-0.39, 0.29) is 0 Å². The van der Waals surface area contributed by atoms with Crippen LogP contribution in [-0.2, 0) is 13.0 Å². The Hall–Kier alpha value is -1.42. The van der Waals surface area contributed by atoms with Crippen LogP contribution < -0.4 is 0 Å². The molecule has 5 heteroatoms. The van der Waals surface area contributed by atoms with Crippen LogP contribution in [0.2, 0.25) is 5.02 Å². The second-order valence-electron chi connectivity index (χ2n) is 4.19. The molecule has 0 saturated carbocycles. The third kappa shape index (κ3) is 1.93. The number of aryl methyl sites for hydroxylation is 2. The molecule has 0 bridgehead atoms. The van der Waals surface area contributed by atoms with Gasteiger partial charge in [-0.1, -0.05) is 11.6 Å². The van der Waals surface area contributed by atoms with E-state index < -0.39 is 5.95 Å². The van der Waals surface area contributed by atoms with Crippen molar-refractivity contribution in [3.05, 3.63) is 35.0 Å². The summed E-state index contributed by atoms with van der Waals surface area (Å²) in [5.41, 5.74) is 2.54. The summed E-state index contributed by atoms with van der Waals surface area (Å²) in [5, 5.41) is 4.89. The third-order valence-electron chi connectivity index (χ3n) is 3.01. The number of fused-ring (bicyclic) bond motifs is 1. The Morgan fingerprint density at radius 3 is 3.00 bits per heavy atom. The fourth-order valence-electron chi connectivity index (χ4n) is 2.16. The van der Waals surface area contributed by atoms with Crippen molar-refractivity contribution >= 4 is 11.6 Å². The lowest BCUT2D eigenvalue weighted by molar-refractivity contribution is 0.487. The molecule has 0 radical (unpaired) electrons. The van der Waals surface area contributed by atoms with Gasteiger partial charge in [-0.2, -0.15) is 9.49 Å². The molecule has 0 spiro atoms. The van der Waals surface area contributed by atoms with Crippen LogP contribution in [0.1, 0.15) is 18.5 Å². The number of hydrogen-bond acceptors (Lipinski definition) is 2. The molecule has 2 aromatic heterocycles. The number of pyridine rings is 1. The van der Waals surface area contributed by atoms with Gasteiger partial charge in [-0.3, -0.25) is 4.68 Å². The first-order valence-electron chi connectivity index (χ1n) is 5.62. The van der Waals surface area contributed by atoms with Crippen LogP contribution in [0.5, 0.6) is 0 Å². The largest absolute Gasteiger partial charge is 0.269 e. The zero-order valence-corrected chi connectivity index (χ0v) is 9.91. The van der Waals surface area contributed by atoms with Crippen molar-refractivity contribution in [2.24, 2.45) is 0 Å². The van der Waals surface area contributed by atoms with Crippen molar-refractivity contribution in [3.8, 4) is 11.3 Å². The summed E-state index contributed by atoms with van der Waals surface area (Å²) in [6.45, 7) is 0.931. The lowest BCUT2D eigenvalue weighted by atomic mass is 10.1. The number of halogens is 2. The zero-order chi connectivity index (χ0) is 11.8. The summed E-state index contributed by atoms with van der Waals surface area (Å²) >= 11 is 6.02. The summed E-state index contributed by atoms with van der Waals surface area (Å²) in [4.78, 5) is 3.51. The molecule has 0 amide bonds. The highest BCUT2D eigenvalue weighted by Gasteiger charge is 2.15. The van der Waals surface area contributed by atoms with E-state index >= 15 is 0 Å². The van der Waals surface area contributed by atoms with E-state index in [1.165, 1.54) is 24.4 Å². The molecule has 0 atom stereocenters. The lowest BCUT2D eigenvalue weighted by Crippen LogP contribution is -2.10. The van der Waals surface area contributed by atoms with Crippen LogP contribution in [0, 0.1) is 5.95 Å². The standard InChI is InChI=1S/C12H11ClFN3/c13-10-7-15-12(14)6-9(10)11-5-8-3-1-2-4-17(8)16-11/h5-7H,1-4H2. The Bertz CT molecular complexity index is 541. The summed E-state index contributed by atoms with van der Waals surface area (Å²) < 4.78 is 15.1. The molecular formula is C12H11ClFN3. The van der Waals surface area contributed by atoms with Crippen LogP contribution in [0.25, 0.3) is 11.3 Å². The first kappa shape index (κ1) is 10.7. The molecular weight excluding hydrogens is 241 g/mol. The van der Waals surface area contributed by atoms with Crippen LogP contribution in [0.15, 0.2) is 18.3 Å². The van der Waals surface area contributed by atoms with Crippen LogP contribution in [0.4, 0.5) is 4.39 Å². The molecule has 3 nitrogen and oxygen atoms in total. The SMILES string of the molecule is Fc1cc(-c2cc3n(n2)CCCC3)c(Cl)cn1. The van der Waals surface area contributed by atoms with Gasteiger partial charge in [0, 0.05) is 30.1 Å². The van der Waals surface area contributed by atoms with Crippen molar-refractivity contribution < 1.29 is 4.39 Å². The van der Waals surface area contributed by atoms with Crippen molar-refractivity contribution in [3.63, 3.8) is 0 Å². The maximum atomic E-state index is 13.1. The topological polar surface area (TPSA) is 30.7 Å². The second kappa shape index (κ2) is 4.11. The second-order valence-corrected chi connectivity index (χ2v) is 4.60. The summed E-state index contributed by atoms with van der Waals surface area (Å²) in [7, 11) is 0. The van der Waals surface area contributed by atoms with E-state index in [4.69, 9.17) is 11.6 Å². The Labute approximate surface area is 103 Å². The quantitative estimate of drug-likeness (QED) is 0.730. The van der Waals surface area contributed by atoms with Gasteiger partial charge in [0.05, 0.1) is 10.7 Å². The number of aromatic nitrogens is 3. The zero-order valence-electron chi connectivity index (χ0n) is 9.16. The maximum Gasteiger partial charge on any atom is 0.213 e.